The van der Waals surface area contributed by atoms with Crippen molar-refractivity contribution in [3.63, 3.8) is 0 Å². The van der Waals surface area contributed by atoms with Crippen molar-refractivity contribution in [1.29, 1.82) is 0 Å². The molecule has 0 amide bonds. The van der Waals surface area contributed by atoms with Crippen LogP contribution in [0.2, 0.25) is 0 Å². The van der Waals surface area contributed by atoms with Crippen molar-refractivity contribution < 1.29 is 9.53 Å². The predicted octanol–water partition coefficient (Wildman–Crippen LogP) is 2.61. The van der Waals surface area contributed by atoms with Crippen molar-refractivity contribution >= 4 is 17.7 Å². The summed E-state index contributed by atoms with van der Waals surface area (Å²) in [7, 11) is 3.37. The number of thioether (sulfide) groups is 1. The number of carbonyl (C=O) groups excluding carboxylic acids is 1. The first kappa shape index (κ1) is 18.0. The fourth-order valence-electron chi connectivity index (χ4n) is 2.13. The molecular weight excluding hydrogens is 286 g/mol. The van der Waals surface area contributed by atoms with Crippen LogP contribution in [0.25, 0.3) is 0 Å². The Kier molecular flexibility index (Phi) is 7.82. The van der Waals surface area contributed by atoms with Gasteiger partial charge in [0.2, 0.25) is 0 Å². The number of aryl methyl sites for hydroxylation is 1. The van der Waals surface area contributed by atoms with Crippen LogP contribution in [0.15, 0.2) is 17.3 Å². The van der Waals surface area contributed by atoms with Crippen molar-refractivity contribution in [1.82, 2.24) is 15.1 Å². The van der Waals surface area contributed by atoms with Crippen LogP contribution in [0, 0.1) is 0 Å². The molecule has 5 nitrogen and oxygen atoms in total. The molecule has 0 saturated carbocycles. The SMILES string of the molecule is CCCNC(C)(CCCCSc1cnn(C)c1)C(=O)OC. The Bertz CT molecular complexity index is 436. The summed E-state index contributed by atoms with van der Waals surface area (Å²) < 4.78 is 6.73. The molecule has 1 aromatic rings. The van der Waals surface area contributed by atoms with Crippen LogP contribution < -0.4 is 5.32 Å². The molecule has 120 valence electrons. The van der Waals surface area contributed by atoms with Gasteiger partial charge in [0.25, 0.3) is 0 Å². The Morgan fingerprint density at radius 2 is 2.29 bits per heavy atom. The van der Waals surface area contributed by atoms with Gasteiger partial charge in [-0.2, -0.15) is 5.10 Å². The molecule has 0 aliphatic heterocycles. The number of nitrogens with zero attached hydrogens (tertiary/aromatic N) is 2. The highest BCUT2D eigenvalue weighted by atomic mass is 32.2. The van der Waals surface area contributed by atoms with Gasteiger partial charge in [-0.3, -0.25) is 9.48 Å². The van der Waals surface area contributed by atoms with Crippen LogP contribution in [-0.2, 0) is 16.6 Å². The van der Waals surface area contributed by atoms with E-state index in [2.05, 4.69) is 17.3 Å². The molecule has 1 N–H and O–H groups in total. The summed E-state index contributed by atoms with van der Waals surface area (Å²) >= 11 is 1.80. The average Bonchev–Trinajstić information content (AvgIpc) is 2.89. The summed E-state index contributed by atoms with van der Waals surface area (Å²) in [6.07, 6.45) is 7.77. The Balaban J connectivity index is 2.31. The number of nitrogens with one attached hydrogen (secondary N) is 1. The summed E-state index contributed by atoms with van der Waals surface area (Å²) in [6.45, 7) is 4.86. The van der Waals surface area contributed by atoms with Crippen LogP contribution in [0.4, 0.5) is 0 Å². The van der Waals surface area contributed by atoms with Crippen LogP contribution >= 0.6 is 11.8 Å². The van der Waals surface area contributed by atoms with Crippen molar-refractivity contribution in [2.75, 3.05) is 19.4 Å². The summed E-state index contributed by atoms with van der Waals surface area (Å²) in [6, 6.07) is 0. The molecule has 0 aromatic carbocycles. The quantitative estimate of drug-likeness (QED) is 0.409. The molecule has 1 aromatic heterocycles. The lowest BCUT2D eigenvalue weighted by atomic mass is 9.95. The zero-order valence-electron chi connectivity index (χ0n) is 13.5. The fourth-order valence-corrected chi connectivity index (χ4v) is 3.07. The van der Waals surface area contributed by atoms with E-state index in [-0.39, 0.29) is 5.97 Å². The molecule has 1 heterocycles. The maximum Gasteiger partial charge on any atom is 0.325 e. The van der Waals surface area contributed by atoms with Gasteiger partial charge in [0.1, 0.15) is 5.54 Å². The van der Waals surface area contributed by atoms with E-state index >= 15 is 0 Å². The standard InChI is InChI=1S/C15H27N3O2S/c1-5-9-16-15(2,14(19)20-4)8-6-7-10-21-13-11-17-18(3)12-13/h11-12,16H,5-10H2,1-4H3. The van der Waals surface area contributed by atoms with E-state index in [1.807, 2.05) is 31.0 Å². The first-order valence-corrected chi connectivity index (χ1v) is 8.45. The molecule has 0 aliphatic rings. The Morgan fingerprint density at radius 1 is 1.52 bits per heavy atom. The number of ether oxygens (including phenoxy) is 1. The van der Waals surface area contributed by atoms with Crippen LogP contribution in [0.1, 0.15) is 39.5 Å². The first-order valence-electron chi connectivity index (χ1n) is 7.46. The van der Waals surface area contributed by atoms with Crippen molar-refractivity contribution in [2.24, 2.45) is 7.05 Å². The predicted molar refractivity (Wildman–Crippen MR) is 86.5 cm³/mol. The van der Waals surface area contributed by atoms with Crippen LogP contribution in [0.5, 0.6) is 0 Å². The molecule has 0 bridgehead atoms. The van der Waals surface area contributed by atoms with Crippen LogP contribution in [-0.4, -0.2) is 40.7 Å². The van der Waals surface area contributed by atoms with E-state index < -0.39 is 5.54 Å². The largest absolute Gasteiger partial charge is 0.468 e. The van der Waals surface area contributed by atoms with Crippen molar-refractivity contribution in [3.8, 4) is 0 Å². The first-order chi connectivity index (χ1) is 10.0. The highest BCUT2D eigenvalue weighted by Crippen LogP contribution is 2.21. The molecule has 0 spiro atoms. The number of carbonyl (C=O) groups is 1. The van der Waals surface area contributed by atoms with E-state index in [4.69, 9.17) is 4.74 Å². The van der Waals surface area contributed by atoms with Crippen molar-refractivity contribution in [3.05, 3.63) is 12.4 Å². The lowest BCUT2D eigenvalue weighted by Gasteiger charge is -2.28. The number of hydrogen-bond acceptors (Lipinski definition) is 5. The molecule has 1 rings (SSSR count). The topological polar surface area (TPSA) is 56.2 Å². The van der Waals surface area contributed by atoms with Gasteiger partial charge in [-0.1, -0.05) is 13.3 Å². The zero-order valence-corrected chi connectivity index (χ0v) is 14.3. The molecule has 0 radical (unpaired) electrons. The third-order valence-electron chi connectivity index (χ3n) is 3.42. The monoisotopic (exact) mass is 313 g/mol. The van der Waals surface area contributed by atoms with Crippen molar-refractivity contribution in [2.45, 2.75) is 50.0 Å². The van der Waals surface area contributed by atoms with Gasteiger partial charge in [0.15, 0.2) is 0 Å². The number of rotatable bonds is 10. The third-order valence-corrected chi connectivity index (χ3v) is 4.46. The molecular formula is C15H27N3O2S. The summed E-state index contributed by atoms with van der Waals surface area (Å²) in [4.78, 5) is 13.1. The number of aromatic nitrogens is 2. The number of hydrogen-bond donors (Lipinski definition) is 1. The molecule has 1 atom stereocenters. The van der Waals surface area contributed by atoms with Gasteiger partial charge in [-0.05, 0) is 38.5 Å². The van der Waals surface area contributed by atoms with Gasteiger partial charge < -0.3 is 10.1 Å². The minimum atomic E-state index is -0.566. The van der Waals surface area contributed by atoms with Gasteiger partial charge in [-0.15, -0.1) is 11.8 Å². The minimum Gasteiger partial charge on any atom is -0.468 e. The average molecular weight is 313 g/mol. The summed E-state index contributed by atoms with van der Waals surface area (Å²) in [5.74, 6) is 0.868. The molecule has 0 saturated heterocycles. The Morgan fingerprint density at radius 3 is 2.86 bits per heavy atom. The van der Waals surface area contributed by atoms with Crippen LogP contribution in [0.3, 0.4) is 0 Å². The minimum absolute atomic E-state index is 0.170. The lowest BCUT2D eigenvalue weighted by molar-refractivity contribution is -0.148. The lowest BCUT2D eigenvalue weighted by Crippen LogP contribution is -2.50. The second kappa shape index (κ2) is 9.10. The summed E-state index contributed by atoms with van der Waals surface area (Å²) in [5, 5.41) is 7.46. The number of methoxy groups -OCH3 is 1. The van der Waals surface area contributed by atoms with E-state index in [0.29, 0.717) is 0 Å². The van der Waals surface area contributed by atoms with Gasteiger partial charge in [0, 0.05) is 18.1 Å². The molecule has 1 unspecified atom stereocenters. The second-order valence-corrected chi connectivity index (χ2v) is 6.57. The zero-order chi connectivity index (χ0) is 15.7. The van der Waals surface area contributed by atoms with E-state index in [1.165, 1.54) is 12.0 Å². The molecule has 6 heteroatoms. The highest BCUT2D eigenvalue weighted by molar-refractivity contribution is 7.99. The van der Waals surface area contributed by atoms with Gasteiger partial charge in [-0.25, -0.2) is 0 Å². The van der Waals surface area contributed by atoms with Gasteiger partial charge >= 0.3 is 5.97 Å². The highest BCUT2D eigenvalue weighted by Gasteiger charge is 2.32. The normalized spacial score (nSPS) is 13.9. The smallest absolute Gasteiger partial charge is 0.325 e. The van der Waals surface area contributed by atoms with Gasteiger partial charge in [0.05, 0.1) is 13.3 Å². The Hall–Kier alpha value is -1.01. The fraction of sp³-hybridized carbons (Fsp3) is 0.733. The number of unbranched alkanes of at least 4 members (excludes halogenated alkanes) is 1. The number of esters is 1. The van der Waals surface area contributed by atoms with E-state index in [9.17, 15) is 4.79 Å². The van der Waals surface area contributed by atoms with E-state index in [1.54, 1.807) is 11.8 Å². The van der Waals surface area contributed by atoms with E-state index in [0.717, 1.165) is 38.0 Å². The molecule has 0 aliphatic carbocycles. The molecule has 0 fully saturated rings. The second-order valence-electron chi connectivity index (χ2n) is 5.41. The maximum absolute atomic E-state index is 11.9. The third kappa shape index (κ3) is 6.09. The molecule has 21 heavy (non-hydrogen) atoms. The summed E-state index contributed by atoms with van der Waals surface area (Å²) in [5.41, 5.74) is -0.566. The Labute approximate surface area is 131 Å². The maximum atomic E-state index is 11.9.